The summed E-state index contributed by atoms with van der Waals surface area (Å²) in [6, 6.07) is 15.6. The molecule has 0 aliphatic carbocycles. The molecule has 1 fully saturated rings. The van der Waals surface area contributed by atoms with Gasteiger partial charge < -0.3 is 10.2 Å². The first-order valence-electron chi connectivity index (χ1n) is 9.83. The van der Waals surface area contributed by atoms with E-state index in [4.69, 9.17) is 0 Å². The summed E-state index contributed by atoms with van der Waals surface area (Å²) in [6.07, 6.45) is 2.65. The zero-order chi connectivity index (χ0) is 20.8. The number of amides is 2. The molecule has 7 heteroatoms. The molecule has 1 aliphatic rings. The smallest absolute Gasteiger partial charge is 0.231 e. The molecule has 0 saturated carbocycles. The number of hydrogen-bond acceptors (Lipinski definition) is 5. The van der Waals surface area contributed by atoms with E-state index in [1.165, 1.54) is 11.8 Å². The molecule has 1 aliphatic heterocycles. The van der Waals surface area contributed by atoms with E-state index >= 15 is 0 Å². The van der Waals surface area contributed by atoms with E-state index in [0.717, 1.165) is 45.2 Å². The van der Waals surface area contributed by atoms with Crippen molar-refractivity contribution >= 4 is 50.8 Å². The number of carbonyl (C=O) groups is 2. The van der Waals surface area contributed by atoms with Crippen LogP contribution in [0.25, 0.3) is 10.2 Å². The molecule has 0 bridgehead atoms. The number of anilines is 1. The predicted molar refractivity (Wildman–Crippen MR) is 123 cm³/mol. The average Bonchev–Trinajstić information content (AvgIpc) is 3.19. The lowest BCUT2D eigenvalue weighted by Crippen LogP contribution is -2.35. The van der Waals surface area contributed by atoms with Crippen LogP contribution in [-0.2, 0) is 9.59 Å². The van der Waals surface area contributed by atoms with Crippen molar-refractivity contribution in [1.29, 1.82) is 0 Å². The molecule has 4 rings (SSSR count). The Bertz CT molecular complexity index is 1080. The first-order valence-corrected chi connectivity index (χ1v) is 11.6. The summed E-state index contributed by atoms with van der Waals surface area (Å²) in [5.74, 6) is 6.47. The van der Waals surface area contributed by atoms with Gasteiger partial charge in [0.1, 0.15) is 0 Å². The number of carbonyl (C=O) groups excluding carboxylic acids is 2. The van der Waals surface area contributed by atoms with Crippen LogP contribution in [0.15, 0.2) is 52.9 Å². The van der Waals surface area contributed by atoms with Crippen LogP contribution in [-0.4, -0.2) is 35.6 Å². The second-order valence-corrected chi connectivity index (χ2v) is 9.12. The highest BCUT2D eigenvalue weighted by Gasteiger charge is 2.19. The number of nitrogens with one attached hydrogen (secondary N) is 1. The van der Waals surface area contributed by atoms with Crippen LogP contribution >= 0.6 is 23.1 Å². The van der Waals surface area contributed by atoms with Gasteiger partial charge in [0, 0.05) is 24.2 Å². The van der Waals surface area contributed by atoms with Gasteiger partial charge in [0.25, 0.3) is 0 Å². The summed E-state index contributed by atoms with van der Waals surface area (Å²) in [5, 5.41) is 2.82. The van der Waals surface area contributed by atoms with Gasteiger partial charge in [-0.1, -0.05) is 35.7 Å². The Labute approximate surface area is 183 Å². The number of rotatable bonds is 5. The molecule has 0 spiro atoms. The Kier molecular flexibility index (Phi) is 6.67. The van der Waals surface area contributed by atoms with Crippen LogP contribution < -0.4 is 10.2 Å². The lowest BCUT2D eigenvalue weighted by atomic mass is 10.1. The van der Waals surface area contributed by atoms with Crippen LogP contribution in [0.1, 0.15) is 24.8 Å². The van der Waals surface area contributed by atoms with E-state index in [1.54, 1.807) is 11.3 Å². The van der Waals surface area contributed by atoms with Crippen molar-refractivity contribution in [3.63, 3.8) is 0 Å². The first-order chi connectivity index (χ1) is 14.7. The molecule has 0 radical (unpaired) electrons. The second kappa shape index (κ2) is 9.79. The quantitative estimate of drug-likeness (QED) is 0.485. The minimum absolute atomic E-state index is 0.0625. The van der Waals surface area contributed by atoms with Crippen LogP contribution in [0.4, 0.5) is 5.69 Å². The molecular weight excluding hydrogens is 414 g/mol. The van der Waals surface area contributed by atoms with Gasteiger partial charge >= 0.3 is 0 Å². The normalized spacial score (nSPS) is 13.7. The predicted octanol–water partition coefficient (Wildman–Crippen LogP) is 4.07. The van der Waals surface area contributed by atoms with Gasteiger partial charge in [-0.2, -0.15) is 0 Å². The molecule has 1 saturated heterocycles. The fourth-order valence-corrected chi connectivity index (χ4v) is 5.08. The Balaban J connectivity index is 1.23. The lowest BCUT2D eigenvalue weighted by Gasteiger charge is -2.26. The van der Waals surface area contributed by atoms with E-state index in [0.29, 0.717) is 18.7 Å². The summed E-state index contributed by atoms with van der Waals surface area (Å²) in [4.78, 5) is 30.4. The third-order valence-corrected chi connectivity index (χ3v) is 6.89. The summed E-state index contributed by atoms with van der Waals surface area (Å²) in [6.45, 7) is 1.08. The molecule has 3 aromatic rings. The van der Waals surface area contributed by atoms with Gasteiger partial charge in [0.05, 0.1) is 22.5 Å². The molecule has 30 heavy (non-hydrogen) atoms. The van der Waals surface area contributed by atoms with Gasteiger partial charge in [0.2, 0.25) is 11.8 Å². The van der Waals surface area contributed by atoms with E-state index in [2.05, 4.69) is 22.1 Å². The third-order valence-electron chi connectivity index (χ3n) is 4.71. The van der Waals surface area contributed by atoms with Gasteiger partial charge in [-0.25, -0.2) is 4.98 Å². The molecule has 0 atom stereocenters. The number of aromatic nitrogens is 1. The molecule has 5 nitrogen and oxygen atoms in total. The van der Waals surface area contributed by atoms with Crippen molar-refractivity contribution in [2.45, 2.75) is 23.6 Å². The number of nitrogens with zero attached hydrogens (tertiary/aromatic N) is 2. The zero-order valence-electron chi connectivity index (χ0n) is 16.4. The Morgan fingerprint density at radius 3 is 2.80 bits per heavy atom. The highest BCUT2D eigenvalue weighted by molar-refractivity contribution is 8.01. The van der Waals surface area contributed by atoms with Crippen molar-refractivity contribution in [3.05, 3.63) is 54.1 Å². The largest absolute Gasteiger partial charge is 0.344 e. The van der Waals surface area contributed by atoms with E-state index < -0.39 is 0 Å². The van der Waals surface area contributed by atoms with E-state index in [9.17, 15) is 9.59 Å². The van der Waals surface area contributed by atoms with Crippen molar-refractivity contribution in [3.8, 4) is 11.8 Å². The zero-order valence-corrected chi connectivity index (χ0v) is 18.0. The van der Waals surface area contributed by atoms with Crippen molar-refractivity contribution in [2.75, 3.05) is 23.7 Å². The third kappa shape index (κ3) is 5.21. The van der Waals surface area contributed by atoms with Crippen molar-refractivity contribution < 1.29 is 9.59 Å². The van der Waals surface area contributed by atoms with E-state index in [1.807, 2.05) is 53.4 Å². The van der Waals surface area contributed by atoms with Crippen LogP contribution in [0.2, 0.25) is 0 Å². The monoisotopic (exact) mass is 435 g/mol. The van der Waals surface area contributed by atoms with Crippen molar-refractivity contribution in [1.82, 2.24) is 10.3 Å². The molecule has 2 aromatic carbocycles. The summed E-state index contributed by atoms with van der Waals surface area (Å²) in [7, 11) is 0. The molecule has 1 N–H and O–H groups in total. The van der Waals surface area contributed by atoms with Crippen LogP contribution in [0.3, 0.4) is 0 Å². The number of thioether (sulfide) groups is 1. The molecule has 1 aromatic heterocycles. The maximum Gasteiger partial charge on any atom is 0.231 e. The highest BCUT2D eigenvalue weighted by Crippen LogP contribution is 2.29. The Hall–Kier alpha value is -2.82. The van der Waals surface area contributed by atoms with E-state index in [-0.39, 0.29) is 11.8 Å². The van der Waals surface area contributed by atoms with Crippen molar-refractivity contribution in [2.24, 2.45) is 0 Å². The first kappa shape index (κ1) is 20.5. The van der Waals surface area contributed by atoms with Gasteiger partial charge in [-0.05, 0) is 49.2 Å². The number of fused-ring (bicyclic) bond motifs is 1. The fourth-order valence-electron chi connectivity index (χ4n) is 3.18. The van der Waals surface area contributed by atoms with Gasteiger partial charge in [0.15, 0.2) is 4.34 Å². The lowest BCUT2D eigenvalue weighted by molar-refractivity contribution is -0.119. The molecule has 152 valence electrons. The molecule has 2 amide bonds. The van der Waals surface area contributed by atoms with Gasteiger partial charge in [-0.3, -0.25) is 9.59 Å². The SMILES string of the molecule is O=C(CSc1nc2ccccc2s1)NCC#Cc1ccc(N2CCCCC2=O)cc1. The number of hydrogen-bond donors (Lipinski definition) is 1. The van der Waals surface area contributed by atoms with Crippen LogP contribution in [0, 0.1) is 11.8 Å². The average molecular weight is 436 g/mol. The number of benzene rings is 2. The van der Waals surface area contributed by atoms with Crippen LogP contribution in [0.5, 0.6) is 0 Å². The maximum atomic E-state index is 12.0. The molecule has 2 heterocycles. The fraction of sp³-hybridized carbons (Fsp3) is 0.261. The summed E-state index contributed by atoms with van der Waals surface area (Å²) in [5.41, 5.74) is 2.75. The topological polar surface area (TPSA) is 62.3 Å². The second-order valence-electron chi connectivity index (χ2n) is 6.86. The summed E-state index contributed by atoms with van der Waals surface area (Å²) >= 11 is 3.03. The molecular formula is C23H21N3O2S2. The number of para-hydroxylation sites is 1. The van der Waals surface area contributed by atoms with Gasteiger partial charge in [-0.15, -0.1) is 11.3 Å². The standard InChI is InChI=1S/C23H21N3O2S2/c27-21(16-29-23-25-19-7-1-2-8-20(19)30-23)24-14-5-6-17-10-12-18(13-11-17)26-15-4-3-9-22(26)28/h1-2,7-8,10-13H,3-4,9,14-16H2,(H,24,27). The number of thiazole rings is 1. The minimum atomic E-state index is -0.0625. The Morgan fingerprint density at radius 2 is 2.00 bits per heavy atom. The number of piperidine rings is 1. The Morgan fingerprint density at radius 1 is 1.17 bits per heavy atom. The minimum Gasteiger partial charge on any atom is -0.344 e. The molecule has 0 unspecified atom stereocenters. The summed E-state index contributed by atoms with van der Waals surface area (Å²) < 4.78 is 2.02. The highest BCUT2D eigenvalue weighted by atomic mass is 32.2. The maximum absolute atomic E-state index is 12.0.